The van der Waals surface area contributed by atoms with Crippen LogP contribution in [0.15, 0.2) is 46.0 Å². The Bertz CT molecular complexity index is 720. The SMILES string of the molecule is CN(Cc1ccco1)c1ccc(S(=O)(=O)N2CCCCC2)cn1. The molecule has 7 heteroatoms. The topological polar surface area (TPSA) is 66.7 Å². The Morgan fingerprint density at radius 2 is 2.00 bits per heavy atom. The van der Waals surface area contributed by atoms with Crippen molar-refractivity contribution in [3.05, 3.63) is 42.5 Å². The van der Waals surface area contributed by atoms with E-state index in [0.29, 0.717) is 25.5 Å². The number of nitrogens with zero attached hydrogens (tertiary/aromatic N) is 3. The molecule has 0 unspecified atom stereocenters. The Morgan fingerprint density at radius 1 is 1.22 bits per heavy atom. The van der Waals surface area contributed by atoms with Gasteiger partial charge < -0.3 is 9.32 Å². The number of furan rings is 1. The summed E-state index contributed by atoms with van der Waals surface area (Å²) >= 11 is 0. The van der Waals surface area contributed by atoms with Gasteiger partial charge in [-0.25, -0.2) is 13.4 Å². The molecule has 1 saturated heterocycles. The molecule has 0 aromatic carbocycles. The molecule has 3 heterocycles. The Kier molecular flexibility index (Phi) is 4.68. The number of rotatable bonds is 5. The lowest BCUT2D eigenvalue weighted by molar-refractivity contribution is 0.346. The molecule has 0 spiro atoms. The summed E-state index contributed by atoms with van der Waals surface area (Å²) in [5, 5.41) is 0. The average Bonchev–Trinajstić information content (AvgIpc) is 3.09. The van der Waals surface area contributed by atoms with Crippen molar-refractivity contribution in [3.8, 4) is 0 Å². The van der Waals surface area contributed by atoms with Crippen LogP contribution in [0.1, 0.15) is 25.0 Å². The molecule has 0 bridgehead atoms. The number of anilines is 1. The maximum Gasteiger partial charge on any atom is 0.244 e. The second kappa shape index (κ2) is 6.72. The lowest BCUT2D eigenvalue weighted by atomic mass is 10.2. The highest BCUT2D eigenvalue weighted by Crippen LogP contribution is 2.21. The largest absolute Gasteiger partial charge is 0.467 e. The molecular weight excluding hydrogens is 314 g/mol. The Morgan fingerprint density at radius 3 is 2.61 bits per heavy atom. The van der Waals surface area contributed by atoms with E-state index in [1.807, 2.05) is 24.1 Å². The third kappa shape index (κ3) is 3.56. The molecule has 2 aromatic rings. The van der Waals surface area contributed by atoms with Crippen molar-refractivity contribution in [1.82, 2.24) is 9.29 Å². The molecule has 0 atom stereocenters. The van der Waals surface area contributed by atoms with E-state index in [9.17, 15) is 8.42 Å². The number of piperidine rings is 1. The van der Waals surface area contributed by atoms with Gasteiger partial charge in [0.1, 0.15) is 16.5 Å². The third-order valence-electron chi connectivity index (χ3n) is 4.04. The summed E-state index contributed by atoms with van der Waals surface area (Å²) in [7, 11) is -1.53. The summed E-state index contributed by atoms with van der Waals surface area (Å²) in [5.74, 6) is 1.54. The highest BCUT2D eigenvalue weighted by atomic mass is 32.2. The van der Waals surface area contributed by atoms with E-state index >= 15 is 0 Å². The van der Waals surface area contributed by atoms with Crippen molar-refractivity contribution < 1.29 is 12.8 Å². The molecule has 0 amide bonds. The highest BCUT2D eigenvalue weighted by molar-refractivity contribution is 7.89. The van der Waals surface area contributed by atoms with Gasteiger partial charge in [0.2, 0.25) is 10.0 Å². The van der Waals surface area contributed by atoms with Gasteiger partial charge in [-0.15, -0.1) is 0 Å². The fourth-order valence-electron chi connectivity index (χ4n) is 2.72. The standard InChI is InChI=1S/C16H21N3O3S/c1-18(13-14-6-5-11-22-14)16-8-7-15(12-17-16)23(20,21)19-9-3-2-4-10-19/h5-8,11-12H,2-4,9-10,13H2,1H3. The van der Waals surface area contributed by atoms with E-state index in [4.69, 9.17) is 4.42 Å². The minimum atomic E-state index is -3.42. The first-order valence-corrected chi connectivity index (χ1v) is 9.21. The maximum absolute atomic E-state index is 12.6. The molecule has 23 heavy (non-hydrogen) atoms. The zero-order chi connectivity index (χ0) is 16.3. The summed E-state index contributed by atoms with van der Waals surface area (Å²) < 4.78 is 32.0. The van der Waals surface area contributed by atoms with Gasteiger partial charge in [0, 0.05) is 26.3 Å². The zero-order valence-electron chi connectivity index (χ0n) is 13.2. The van der Waals surface area contributed by atoms with Crippen LogP contribution in [0.4, 0.5) is 5.82 Å². The van der Waals surface area contributed by atoms with Crippen molar-refractivity contribution in [2.24, 2.45) is 0 Å². The van der Waals surface area contributed by atoms with Gasteiger partial charge in [0.05, 0.1) is 12.8 Å². The lowest BCUT2D eigenvalue weighted by Gasteiger charge is -2.26. The fraction of sp³-hybridized carbons (Fsp3) is 0.438. The maximum atomic E-state index is 12.6. The van der Waals surface area contributed by atoms with E-state index in [0.717, 1.165) is 25.0 Å². The number of hydrogen-bond acceptors (Lipinski definition) is 5. The van der Waals surface area contributed by atoms with Gasteiger partial charge >= 0.3 is 0 Å². The van der Waals surface area contributed by atoms with Crippen LogP contribution in [0.5, 0.6) is 0 Å². The van der Waals surface area contributed by atoms with Crippen LogP contribution in [0, 0.1) is 0 Å². The van der Waals surface area contributed by atoms with Crippen LogP contribution in [-0.4, -0.2) is 37.8 Å². The third-order valence-corrected chi connectivity index (χ3v) is 5.92. The smallest absolute Gasteiger partial charge is 0.244 e. The van der Waals surface area contributed by atoms with Crippen molar-refractivity contribution in [2.45, 2.75) is 30.7 Å². The second-order valence-electron chi connectivity index (χ2n) is 5.75. The van der Waals surface area contributed by atoms with Crippen LogP contribution in [0.3, 0.4) is 0 Å². The summed E-state index contributed by atoms with van der Waals surface area (Å²) in [5.41, 5.74) is 0. The molecular formula is C16H21N3O3S. The number of pyridine rings is 1. The first kappa shape index (κ1) is 16.0. The van der Waals surface area contributed by atoms with E-state index in [1.54, 1.807) is 22.7 Å². The molecule has 0 N–H and O–H groups in total. The van der Waals surface area contributed by atoms with Gasteiger partial charge in [-0.1, -0.05) is 6.42 Å². The molecule has 3 rings (SSSR count). The van der Waals surface area contributed by atoms with E-state index in [2.05, 4.69) is 4.98 Å². The summed E-state index contributed by atoms with van der Waals surface area (Å²) in [6, 6.07) is 7.10. The van der Waals surface area contributed by atoms with Gasteiger partial charge in [-0.3, -0.25) is 0 Å². The minimum absolute atomic E-state index is 0.259. The van der Waals surface area contributed by atoms with Crippen LogP contribution in [-0.2, 0) is 16.6 Å². The predicted molar refractivity (Wildman–Crippen MR) is 87.7 cm³/mol. The molecule has 1 aliphatic heterocycles. The van der Waals surface area contributed by atoms with Crippen molar-refractivity contribution >= 4 is 15.8 Å². The van der Waals surface area contributed by atoms with Crippen LogP contribution in [0.2, 0.25) is 0 Å². The van der Waals surface area contributed by atoms with Crippen LogP contribution in [0.25, 0.3) is 0 Å². The fourth-order valence-corrected chi connectivity index (χ4v) is 4.19. The number of hydrogen-bond donors (Lipinski definition) is 0. The lowest BCUT2D eigenvalue weighted by Crippen LogP contribution is -2.35. The van der Waals surface area contributed by atoms with E-state index in [1.165, 1.54) is 6.20 Å². The highest BCUT2D eigenvalue weighted by Gasteiger charge is 2.26. The van der Waals surface area contributed by atoms with E-state index < -0.39 is 10.0 Å². The Balaban J connectivity index is 1.73. The molecule has 0 aliphatic carbocycles. The van der Waals surface area contributed by atoms with Gasteiger partial charge in [-0.05, 0) is 37.1 Å². The van der Waals surface area contributed by atoms with E-state index in [-0.39, 0.29) is 4.90 Å². The molecule has 0 saturated carbocycles. The Labute approximate surface area is 136 Å². The second-order valence-corrected chi connectivity index (χ2v) is 7.69. The van der Waals surface area contributed by atoms with Crippen molar-refractivity contribution in [1.29, 1.82) is 0 Å². The zero-order valence-corrected chi connectivity index (χ0v) is 14.0. The molecule has 1 aliphatic rings. The summed E-state index contributed by atoms with van der Waals surface area (Å²) in [4.78, 5) is 6.47. The number of sulfonamides is 1. The average molecular weight is 335 g/mol. The quantitative estimate of drug-likeness (QED) is 0.840. The van der Waals surface area contributed by atoms with Crippen LogP contribution >= 0.6 is 0 Å². The summed E-state index contributed by atoms with van der Waals surface area (Å²) in [6.07, 6.45) is 6.02. The van der Waals surface area contributed by atoms with Crippen molar-refractivity contribution in [2.75, 3.05) is 25.0 Å². The van der Waals surface area contributed by atoms with Gasteiger partial charge in [0.15, 0.2) is 0 Å². The normalized spacial score (nSPS) is 16.4. The summed E-state index contributed by atoms with van der Waals surface area (Å²) in [6.45, 7) is 1.78. The van der Waals surface area contributed by atoms with Crippen LogP contribution < -0.4 is 4.90 Å². The minimum Gasteiger partial charge on any atom is -0.467 e. The monoisotopic (exact) mass is 335 g/mol. The predicted octanol–water partition coefficient (Wildman–Crippen LogP) is 2.49. The molecule has 0 radical (unpaired) electrons. The van der Waals surface area contributed by atoms with Gasteiger partial charge in [-0.2, -0.15) is 4.31 Å². The van der Waals surface area contributed by atoms with Crippen molar-refractivity contribution in [3.63, 3.8) is 0 Å². The molecule has 6 nitrogen and oxygen atoms in total. The molecule has 124 valence electrons. The molecule has 1 fully saturated rings. The first-order chi connectivity index (χ1) is 11.1. The van der Waals surface area contributed by atoms with Gasteiger partial charge in [0.25, 0.3) is 0 Å². The molecule has 2 aromatic heterocycles. The number of aromatic nitrogens is 1. The Hall–Kier alpha value is -1.86. The first-order valence-electron chi connectivity index (χ1n) is 7.77.